The van der Waals surface area contributed by atoms with Crippen molar-refractivity contribution in [1.82, 2.24) is 0 Å². The molecule has 0 amide bonds. The third-order valence-corrected chi connectivity index (χ3v) is 14.8. The zero-order chi connectivity index (χ0) is 19.7. The van der Waals surface area contributed by atoms with Crippen LogP contribution in [0.5, 0.6) is 0 Å². The van der Waals surface area contributed by atoms with Gasteiger partial charge in [-0.2, -0.15) is 0 Å². The van der Waals surface area contributed by atoms with Gasteiger partial charge in [-0.1, -0.05) is 58.0 Å². The Bertz CT molecular complexity index is 608. The van der Waals surface area contributed by atoms with Gasteiger partial charge in [0.05, 0.1) is 22.9 Å². The van der Waals surface area contributed by atoms with E-state index < -0.39 is 8.32 Å². The summed E-state index contributed by atoms with van der Waals surface area (Å²) < 4.78 is 13.8. The molecule has 1 aromatic rings. The van der Waals surface area contributed by atoms with Gasteiger partial charge in [0.25, 0.3) is 0 Å². The van der Waals surface area contributed by atoms with Gasteiger partial charge in [0.1, 0.15) is 0 Å². The molecule has 3 rings (SSSR count). The Labute approximate surface area is 175 Å². The first kappa shape index (κ1) is 21.8. The van der Waals surface area contributed by atoms with Gasteiger partial charge in [-0.3, -0.25) is 0 Å². The fourth-order valence-electron chi connectivity index (χ4n) is 3.81. The molecule has 1 heterocycles. The standard InChI is InChI=1S/C22H36O2S2Si/c1-17-20(23-16-18-11-8-7-9-12-18)19(24-27(5,6)21(2,3)4)15-22(17)25-13-10-14-26-22/h7-9,11-12,17,19-20H,10,13-16H2,1-6H3/t17-,19+,20?/m1/s1. The highest BCUT2D eigenvalue weighted by Crippen LogP contribution is 2.58. The summed E-state index contributed by atoms with van der Waals surface area (Å²) in [5, 5.41) is 0.225. The first-order valence-corrected chi connectivity index (χ1v) is 15.1. The van der Waals surface area contributed by atoms with E-state index in [-0.39, 0.29) is 21.3 Å². The number of benzene rings is 1. The van der Waals surface area contributed by atoms with Gasteiger partial charge < -0.3 is 9.16 Å². The molecule has 1 aliphatic carbocycles. The van der Waals surface area contributed by atoms with Crippen LogP contribution in [0, 0.1) is 5.92 Å². The summed E-state index contributed by atoms with van der Waals surface area (Å²) in [4.78, 5) is 0. The first-order chi connectivity index (χ1) is 12.6. The Hall–Kier alpha value is 0.0569. The Morgan fingerprint density at radius 2 is 1.74 bits per heavy atom. The maximum absolute atomic E-state index is 6.95. The second-order valence-electron chi connectivity index (χ2n) is 9.53. The number of hydrogen-bond donors (Lipinski definition) is 0. The zero-order valence-electron chi connectivity index (χ0n) is 17.8. The lowest BCUT2D eigenvalue weighted by Gasteiger charge is -2.40. The molecule has 2 nitrogen and oxygen atoms in total. The quantitative estimate of drug-likeness (QED) is 0.497. The molecule has 0 N–H and O–H groups in total. The molecule has 2 aliphatic rings. The van der Waals surface area contributed by atoms with Crippen LogP contribution in [0.15, 0.2) is 30.3 Å². The van der Waals surface area contributed by atoms with Crippen LogP contribution in [0.1, 0.15) is 46.1 Å². The van der Waals surface area contributed by atoms with E-state index in [0.29, 0.717) is 12.5 Å². The Balaban J connectivity index is 1.79. The van der Waals surface area contributed by atoms with E-state index in [9.17, 15) is 0 Å². The molecule has 27 heavy (non-hydrogen) atoms. The van der Waals surface area contributed by atoms with E-state index in [0.717, 1.165) is 6.42 Å². The highest BCUT2D eigenvalue weighted by atomic mass is 32.2. The van der Waals surface area contributed by atoms with Crippen molar-refractivity contribution >= 4 is 31.8 Å². The highest BCUT2D eigenvalue weighted by molar-refractivity contribution is 8.18. The topological polar surface area (TPSA) is 18.5 Å². The van der Waals surface area contributed by atoms with Crippen LogP contribution in [0.4, 0.5) is 0 Å². The van der Waals surface area contributed by atoms with Crippen LogP contribution in [0.3, 0.4) is 0 Å². The van der Waals surface area contributed by atoms with Crippen molar-refractivity contribution in [3.05, 3.63) is 35.9 Å². The molecule has 152 valence electrons. The van der Waals surface area contributed by atoms with E-state index in [4.69, 9.17) is 9.16 Å². The van der Waals surface area contributed by atoms with Crippen molar-refractivity contribution in [2.24, 2.45) is 5.92 Å². The Kier molecular flexibility index (Phi) is 6.79. The van der Waals surface area contributed by atoms with Crippen molar-refractivity contribution < 1.29 is 9.16 Å². The van der Waals surface area contributed by atoms with Gasteiger partial charge in [0, 0.05) is 5.92 Å². The predicted molar refractivity (Wildman–Crippen MR) is 123 cm³/mol. The molecule has 5 heteroatoms. The minimum absolute atomic E-state index is 0.178. The van der Waals surface area contributed by atoms with Crippen molar-refractivity contribution in [3.63, 3.8) is 0 Å². The Morgan fingerprint density at radius 3 is 2.33 bits per heavy atom. The van der Waals surface area contributed by atoms with E-state index >= 15 is 0 Å². The molecule has 1 aromatic carbocycles. The van der Waals surface area contributed by atoms with Gasteiger partial charge in [-0.25, -0.2) is 0 Å². The fraction of sp³-hybridized carbons (Fsp3) is 0.727. The molecule has 0 bridgehead atoms. The summed E-state index contributed by atoms with van der Waals surface area (Å²) in [6.45, 7) is 14.8. The van der Waals surface area contributed by atoms with Crippen LogP contribution in [-0.4, -0.2) is 36.1 Å². The minimum atomic E-state index is -1.83. The smallest absolute Gasteiger partial charge is 0.192 e. The molecule has 2 fully saturated rings. The van der Waals surface area contributed by atoms with E-state index in [1.54, 1.807) is 0 Å². The third-order valence-electron chi connectivity index (χ3n) is 6.56. The average Bonchev–Trinajstić information content (AvgIpc) is 2.84. The summed E-state index contributed by atoms with van der Waals surface area (Å²) in [6, 6.07) is 10.6. The molecule has 1 saturated heterocycles. The fourth-order valence-corrected chi connectivity index (χ4v) is 8.78. The molecule has 0 radical (unpaired) electrons. The second kappa shape index (κ2) is 8.43. The van der Waals surface area contributed by atoms with Crippen molar-refractivity contribution in [3.8, 4) is 0 Å². The molecule has 1 spiro atoms. The molecule has 3 atom stereocenters. The number of ether oxygens (including phenoxy) is 1. The number of rotatable bonds is 5. The van der Waals surface area contributed by atoms with Gasteiger partial charge >= 0.3 is 0 Å². The minimum Gasteiger partial charge on any atom is -0.411 e. The predicted octanol–water partition coefficient (Wildman–Crippen LogP) is 6.57. The lowest BCUT2D eigenvalue weighted by atomic mass is 10.1. The van der Waals surface area contributed by atoms with Gasteiger partial charge in [-0.05, 0) is 48.0 Å². The summed E-state index contributed by atoms with van der Waals surface area (Å²) in [5.41, 5.74) is 1.25. The SMILES string of the molecule is C[C@@H]1C(OCc2ccccc2)[C@@H](O[Si](C)(C)C(C)(C)C)CC12SCCCS2. The van der Waals surface area contributed by atoms with E-state index in [2.05, 4.69) is 94.6 Å². The summed E-state index contributed by atoms with van der Waals surface area (Å²) in [6.07, 6.45) is 2.84. The normalized spacial score (nSPS) is 28.6. The van der Waals surface area contributed by atoms with Crippen LogP contribution < -0.4 is 0 Å². The number of hydrogen-bond acceptors (Lipinski definition) is 4. The maximum Gasteiger partial charge on any atom is 0.192 e. The van der Waals surface area contributed by atoms with Gasteiger partial charge in [0.15, 0.2) is 8.32 Å². The summed E-state index contributed by atoms with van der Waals surface area (Å²) in [7, 11) is -1.83. The third kappa shape index (κ3) is 4.80. The van der Waals surface area contributed by atoms with E-state index in [1.165, 1.54) is 23.5 Å². The average molecular weight is 425 g/mol. The lowest BCUT2D eigenvalue weighted by molar-refractivity contribution is -0.0405. The maximum atomic E-state index is 6.95. The van der Waals surface area contributed by atoms with Gasteiger partial charge in [0.2, 0.25) is 0 Å². The molecular weight excluding hydrogens is 388 g/mol. The van der Waals surface area contributed by atoms with Crippen molar-refractivity contribution in [2.45, 2.75) is 81.6 Å². The van der Waals surface area contributed by atoms with Crippen molar-refractivity contribution in [1.29, 1.82) is 0 Å². The second-order valence-corrected chi connectivity index (χ2v) is 17.4. The van der Waals surface area contributed by atoms with Crippen molar-refractivity contribution in [2.75, 3.05) is 11.5 Å². The van der Waals surface area contributed by atoms with Crippen LogP contribution in [-0.2, 0) is 15.8 Å². The Morgan fingerprint density at radius 1 is 1.11 bits per heavy atom. The lowest BCUT2D eigenvalue weighted by Crippen LogP contribution is -2.46. The number of thioether (sulfide) groups is 2. The van der Waals surface area contributed by atoms with Crippen LogP contribution in [0.25, 0.3) is 0 Å². The van der Waals surface area contributed by atoms with Gasteiger partial charge in [-0.15, -0.1) is 23.5 Å². The monoisotopic (exact) mass is 424 g/mol. The van der Waals surface area contributed by atoms with Crippen LogP contribution in [0.2, 0.25) is 18.1 Å². The molecule has 0 aromatic heterocycles. The molecule has 1 aliphatic heterocycles. The zero-order valence-corrected chi connectivity index (χ0v) is 20.4. The molecule has 1 saturated carbocycles. The summed E-state index contributed by atoms with van der Waals surface area (Å²) in [5.74, 6) is 3.05. The van der Waals surface area contributed by atoms with Crippen LogP contribution >= 0.6 is 23.5 Å². The molecular formula is C22H36O2S2Si. The highest BCUT2D eigenvalue weighted by Gasteiger charge is 2.56. The van der Waals surface area contributed by atoms with E-state index in [1.807, 2.05) is 0 Å². The summed E-state index contributed by atoms with van der Waals surface area (Å²) >= 11 is 4.32. The first-order valence-electron chi connectivity index (χ1n) is 10.3. The largest absolute Gasteiger partial charge is 0.411 e. The molecule has 1 unspecified atom stereocenters.